The molecule has 1 atom stereocenters. The fraction of sp³-hybridized carbons (Fsp3) is 0.385. The summed E-state index contributed by atoms with van der Waals surface area (Å²) < 4.78 is 0.733. The Bertz CT molecular complexity index is 479. The lowest BCUT2D eigenvalue weighted by atomic mass is 10.0. The number of carbonyl (C=O) groups is 1. The molecule has 0 radical (unpaired) electrons. The normalized spacial score (nSPS) is 13.6. The number of hydrogen-bond donors (Lipinski definition) is 1. The van der Waals surface area contributed by atoms with Crippen LogP contribution in [-0.4, -0.2) is 11.4 Å². The number of benzene rings is 1. The van der Waals surface area contributed by atoms with Crippen LogP contribution in [-0.2, 0) is 0 Å². The molecule has 0 aliphatic heterocycles. The lowest BCUT2D eigenvalue weighted by Gasteiger charge is -2.21. The molecule has 3 nitrogen and oxygen atoms in total. The predicted octanol–water partition coefficient (Wildman–Crippen LogP) is 3.18. The minimum atomic E-state index is -0.819. The standard InChI is InChI=1S/C13H15BrN2O/c1-4-13(3,8-15)16-12(17)10-7-9(2)5-6-11(10)14/h5-7H,4H2,1-3H3,(H,16,17). The molecular formula is C13H15BrN2O. The van der Waals surface area contributed by atoms with Crippen molar-refractivity contribution in [2.24, 2.45) is 0 Å². The predicted molar refractivity (Wildman–Crippen MR) is 70.7 cm³/mol. The van der Waals surface area contributed by atoms with Crippen molar-refractivity contribution < 1.29 is 4.79 Å². The number of carbonyl (C=O) groups excluding carboxylic acids is 1. The highest BCUT2D eigenvalue weighted by atomic mass is 79.9. The smallest absolute Gasteiger partial charge is 0.253 e. The van der Waals surface area contributed by atoms with Crippen LogP contribution in [0.3, 0.4) is 0 Å². The highest BCUT2D eigenvalue weighted by molar-refractivity contribution is 9.10. The minimum Gasteiger partial charge on any atom is -0.334 e. The van der Waals surface area contributed by atoms with Gasteiger partial charge in [0.1, 0.15) is 5.54 Å². The van der Waals surface area contributed by atoms with E-state index in [1.807, 2.05) is 26.0 Å². The van der Waals surface area contributed by atoms with E-state index in [0.29, 0.717) is 12.0 Å². The van der Waals surface area contributed by atoms with Gasteiger partial charge >= 0.3 is 0 Å². The Labute approximate surface area is 110 Å². The quantitative estimate of drug-likeness (QED) is 0.931. The number of nitrogens with one attached hydrogen (secondary N) is 1. The molecule has 0 fully saturated rings. The van der Waals surface area contributed by atoms with Crippen LogP contribution >= 0.6 is 15.9 Å². The molecule has 0 aliphatic rings. The molecule has 0 saturated heterocycles. The molecular weight excluding hydrogens is 280 g/mol. The van der Waals surface area contributed by atoms with Gasteiger partial charge in [0.2, 0.25) is 0 Å². The van der Waals surface area contributed by atoms with Crippen LogP contribution in [0.2, 0.25) is 0 Å². The molecule has 1 rings (SSSR count). The molecule has 0 heterocycles. The first-order chi connectivity index (χ1) is 7.91. The zero-order chi connectivity index (χ0) is 13.1. The van der Waals surface area contributed by atoms with E-state index in [2.05, 4.69) is 27.3 Å². The number of rotatable bonds is 3. The van der Waals surface area contributed by atoms with Crippen LogP contribution < -0.4 is 5.32 Å². The van der Waals surface area contributed by atoms with Gasteiger partial charge in [0.25, 0.3) is 5.91 Å². The van der Waals surface area contributed by atoms with E-state index < -0.39 is 5.54 Å². The summed E-state index contributed by atoms with van der Waals surface area (Å²) in [6.07, 6.45) is 0.568. The van der Waals surface area contributed by atoms with Gasteiger partial charge in [-0.2, -0.15) is 5.26 Å². The van der Waals surface area contributed by atoms with Crippen molar-refractivity contribution in [3.05, 3.63) is 33.8 Å². The average Bonchev–Trinajstić information content (AvgIpc) is 2.32. The Morgan fingerprint density at radius 2 is 2.24 bits per heavy atom. The Balaban J connectivity index is 2.99. The monoisotopic (exact) mass is 294 g/mol. The number of halogens is 1. The lowest BCUT2D eigenvalue weighted by molar-refractivity contribution is 0.0922. The number of aryl methyl sites for hydroxylation is 1. The van der Waals surface area contributed by atoms with Crippen LogP contribution in [0.1, 0.15) is 36.2 Å². The van der Waals surface area contributed by atoms with Gasteiger partial charge in [0.05, 0.1) is 11.6 Å². The maximum absolute atomic E-state index is 12.1. The number of amides is 1. The summed E-state index contributed by atoms with van der Waals surface area (Å²) in [5, 5.41) is 11.8. The van der Waals surface area contributed by atoms with Crippen LogP contribution in [0.15, 0.2) is 22.7 Å². The highest BCUT2D eigenvalue weighted by Crippen LogP contribution is 2.19. The van der Waals surface area contributed by atoms with Gasteiger partial charge in [0.15, 0.2) is 0 Å². The number of nitrogens with zero attached hydrogens (tertiary/aromatic N) is 1. The third kappa shape index (κ3) is 3.31. The van der Waals surface area contributed by atoms with E-state index in [4.69, 9.17) is 5.26 Å². The van der Waals surface area contributed by atoms with Crippen molar-refractivity contribution in [2.75, 3.05) is 0 Å². The zero-order valence-electron chi connectivity index (χ0n) is 10.2. The molecule has 0 spiro atoms. The van der Waals surface area contributed by atoms with E-state index in [1.165, 1.54) is 0 Å². The molecule has 1 aromatic rings. The molecule has 4 heteroatoms. The minimum absolute atomic E-state index is 0.230. The fourth-order valence-corrected chi connectivity index (χ4v) is 1.75. The third-order valence-corrected chi connectivity index (χ3v) is 3.40. The molecule has 1 N–H and O–H groups in total. The molecule has 0 aromatic heterocycles. The molecule has 90 valence electrons. The molecule has 17 heavy (non-hydrogen) atoms. The number of nitriles is 1. The van der Waals surface area contributed by atoms with Crippen molar-refractivity contribution in [1.29, 1.82) is 5.26 Å². The van der Waals surface area contributed by atoms with Gasteiger partial charge in [-0.3, -0.25) is 4.79 Å². The highest BCUT2D eigenvalue weighted by Gasteiger charge is 2.25. The Hall–Kier alpha value is -1.34. The van der Waals surface area contributed by atoms with Crippen molar-refractivity contribution in [3.8, 4) is 6.07 Å². The first-order valence-corrected chi connectivity index (χ1v) is 6.21. The second-order valence-electron chi connectivity index (χ2n) is 4.23. The fourth-order valence-electron chi connectivity index (χ4n) is 1.33. The van der Waals surface area contributed by atoms with Crippen molar-refractivity contribution in [2.45, 2.75) is 32.7 Å². The second-order valence-corrected chi connectivity index (χ2v) is 5.09. The molecule has 1 unspecified atom stereocenters. The molecule has 0 aliphatic carbocycles. The van der Waals surface area contributed by atoms with E-state index >= 15 is 0 Å². The topological polar surface area (TPSA) is 52.9 Å². The van der Waals surface area contributed by atoms with Gasteiger partial charge in [-0.05, 0) is 48.3 Å². The van der Waals surface area contributed by atoms with E-state index in [9.17, 15) is 4.79 Å². The van der Waals surface area contributed by atoms with Gasteiger partial charge < -0.3 is 5.32 Å². The molecule has 1 amide bonds. The Morgan fingerprint density at radius 3 is 2.76 bits per heavy atom. The molecule has 0 saturated carbocycles. The largest absolute Gasteiger partial charge is 0.334 e. The van der Waals surface area contributed by atoms with E-state index in [1.54, 1.807) is 13.0 Å². The van der Waals surface area contributed by atoms with Crippen LogP contribution in [0.25, 0.3) is 0 Å². The summed E-state index contributed by atoms with van der Waals surface area (Å²) in [6, 6.07) is 7.67. The SMILES string of the molecule is CCC(C)(C#N)NC(=O)c1cc(C)ccc1Br. The molecule has 0 bridgehead atoms. The third-order valence-electron chi connectivity index (χ3n) is 2.71. The summed E-state index contributed by atoms with van der Waals surface area (Å²) in [5.74, 6) is -0.230. The van der Waals surface area contributed by atoms with E-state index in [-0.39, 0.29) is 5.91 Å². The Kier molecular flexibility index (Phi) is 4.30. The van der Waals surface area contributed by atoms with Crippen LogP contribution in [0.4, 0.5) is 0 Å². The van der Waals surface area contributed by atoms with Gasteiger partial charge in [0, 0.05) is 4.47 Å². The van der Waals surface area contributed by atoms with Gasteiger partial charge in [-0.1, -0.05) is 18.6 Å². The summed E-state index contributed by atoms with van der Waals surface area (Å²) >= 11 is 3.34. The second kappa shape index (κ2) is 5.33. The molecule has 1 aromatic carbocycles. The number of hydrogen-bond acceptors (Lipinski definition) is 2. The van der Waals surface area contributed by atoms with Crippen molar-refractivity contribution in [3.63, 3.8) is 0 Å². The maximum atomic E-state index is 12.1. The van der Waals surface area contributed by atoms with Crippen molar-refractivity contribution in [1.82, 2.24) is 5.32 Å². The van der Waals surface area contributed by atoms with E-state index in [0.717, 1.165) is 10.0 Å². The van der Waals surface area contributed by atoms with Crippen LogP contribution in [0.5, 0.6) is 0 Å². The first kappa shape index (κ1) is 13.7. The Morgan fingerprint density at radius 1 is 1.59 bits per heavy atom. The summed E-state index contributed by atoms with van der Waals surface area (Å²) in [6.45, 7) is 5.51. The van der Waals surface area contributed by atoms with Crippen LogP contribution in [0, 0.1) is 18.3 Å². The lowest BCUT2D eigenvalue weighted by Crippen LogP contribution is -2.44. The van der Waals surface area contributed by atoms with Crippen molar-refractivity contribution >= 4 is 21.8 Å². The average molecular weight is 295 g/mol. The first-order valence-electron chi connectivity index (χ1n) is 5.42. The van der Waals surface area contributed by atoms with Gasteiger partial charge in [-0.15, -0.1) is 0 Å². The maximum Gasteiger partial charge on any atom is 0.253 e. The van der Waals surface area contributed by atoms with Gasteiger partial charge in [-0.25, -0.2) is 0 Å². The summed E-state index contributed by atoms with van der Waals surface area (Å²) in [7, 11) is 0. The summed E-state index contributed by atoms with van der Waals surface area (Å²) in [4.78, 5) is 12.1. The zero-order valence-corrected chi connectivity index (χ0v) is 11.8. The summed E-state index contributed by atoms with van der Waals surface area (Å²) in [5.41, 5.74) is 0.744.